The Labute approximate surface area is 646 Å². The molecule has 45 heteroatoms. The summed E-state index contributed by atoms with van der Waals surface area (Å²) in [4.78, 5) is 139. The van der Waals surface area contributed by atoms with E-state index < -0.39 is 41.4 Å². The Morgan fingerprint density at radius 1 is 0.598 bits per heavy atom. The Hall–Kier alpha value is -13.3. The maximum Gasteiger partial charge on any atom is 1.00 e. The molecular formula is C62H51Cl4N30NaO10. The molecule has 0 spiro atoms. The summed E-state index contributed by atoms with van der Waals surface area (Å²) in [5, 5.41) is 78.2. The molecule has 2 aromatic carbocycles. The third-order valence-corrected chi connectivity index (χ3v) is 13.4. The summed E-state index contributed by atoms with van der Waals surface area (Å²) in [6, 6.07) is 15.6. The van der Waals surface area contributed by atoms with Crippen LogP contribution in [0.15, 0.2) is 154 Å². The number of allylic oxidation sites excluding steroid dienone is 2. The van der Waals surface area contributed by atoms with Crippen molar-refractivity contribution in [2.45, 2.75) is 66.0 Å². The molecular weight excluding hydrogens is 1490 g/mol. The molecule has 538 valence electrons. The SMILES string of the molecule is CC(=O)CC(=O)Cc1cc(Cl)c(NC(=O)CC(C)=O)cc1Cl.CC=C(C#N)C#N.N#Cc1cnn(-c2ncccn2)c1N.NNc1ncccn1.O=N[O-].[C-]#[N+]c1cnn(-c2ncccn2)c1N=NC(C(C)=O)C(=O)Nc1cc(Cl)c(NC(=O)C(N=Nc2c(C#N)cnn2-c2ncccn2)C(C)=O)cc1Cl.[Na+]. The van der Waals surface area contributed by atoms with Crippen LogP contribution < -0.4 is 62.5 Å². The number of nitriles is 4. The van der Waals surface area contributed by atoms with Gasteiger partial charge in [0.1, 0.15) is 64.1 Å². The van der Waals surface area contributed by atoms with E-state index in [2.05, 4.69) is 102 Å². The molecule has 2 atom stereocenters. The van der Waals surface area contributed by atoms with Crippen molar-refractivity contribution < 1.29 is 67.9 Å². The Bertz CT molecular complexity index is 4740. The number of nitrogens with zero attached hydrogens (tertiary/aromatic N) is 24. The molecule has 9 aromatic rings. The van der Waals surface area contributed by atoms with E-state index in [9.17, 15) is 43.6 Å². The number of azo groups is 2. The van der Waals surface area contributed by atoms with Crippen LogP contribution in [0.5, 0.6) is 0 Å². The number of carbonyl (C=O) groups is 8. The number of amides is 3. The number of hydrogen-bond donors (Lipinski definition) is 6. The smallest absolute Gasteiger partial charge is 0.444 e. The molecule has 107 heavy (non-hydrogen) atoms. The summed E-state index contributed by atoms with van der Waals surface area (Å²) >= 11 is 24.9. The number of anilines is 5. The number of nitrogen functional groups attached to an aromatic ring is 2. The van der Waals surface area contributed by atoms with Crippen LogP contribution in [0.2, 0.25) is 20.1 Å². The first kappa shape index (κ1) is 87.9. The third kappa shape index (κ3) is 27.8. The molecule has 0 bridgehead atoms. The molecule has 9 rings (SSSR count). The molecule has 40 nitrogen and oxygen atoms in total. The van der Waals surface area contributed by atoms with Crippen molar-refractivity contribution in [1.29, 1.82) is 21.0 Å². The maximum absolute atomic E-state index is 13.2. The summed E-state index contributed by atoms with van der Waals surface area (Å²) < 4.78 is 3.54. The van der Waals surface area contributed by atoms with Crippen LogP contribution in [-0.2, 0) is 44.8 Å². The van der Waals surface area contributed by atoms with Crippen molar-refractivity contribution in [1.82, 2.24) is 69.2 Å². The van der Waals surface area contributed by atoms with Crippen LogP contribution in [-0.4, -0.2) is 128 Å². The Balaban J connectivity index is 0.000000436. The molecule has 0 aliphatic carbocycles. The summed E-state index contributed by atoms with van der Waals surface area (Å²) in [6.07, 6.45) is 17.0. The van der Waals surface area contributed by atoms with Gasteiger partial charge in [0.2, 0.25) is 23.9 Å². The van der Waals surface area contributed by atoms with Crippen molar-refractivity contribution in [2.24, 2.45) is 31.6 Å². The van der Waals surface area contributed by atoms with Gasteiger partial charge in [0, 0.05) is 61.0 Å². The minimum absolute atomic E-state index is 0. The van der Waals surface area contributed by atoms with E-state index in [0.717, 1.165) is 28.6 Å². The largest absolute Gasteiger partial charge is 1.00 e. The van der Waals surface area contributed by atoms with Gasteiger partial charge < -0.3 is 31.8 Å². The average molecular weight is 1540 g/mol. The van der Waals surface area contributed by atoms with Crippen molar-refractivity contribution in [3.63, 3.8) is 0 Å². The van der Waals surface area contributed by atoms with Gasteiger partial charge in [-0.25, -0.2) is 50.6 Å². The second-order valence-electron chi connectivity index (χ2n) is 19.8. The van der Waals surface area contributed by atoms with Crippen molar-refractivity contribution in [3.8, 4) is 42.1 Å². The van der Waals surface area contributed by atoms with Crippen LogP contribution in [0.4, 0.5) is 46.2 Å². The minimum atomic E-state index is -1.70. The quantitative estimate of drug-likeness (QED) is 0.00718. The fraction of sp³-hybridized carbons (Fsp3) is 0.161. The number of benzene rings is 2. The summed E-state index contributed by atoms with van der Waals surface area (Å²) in [5.41, 5.74) is 8.97. The number of hydrogen-bond acceptors (Lipinski definition) is 33. The van der Waals surface area contributed by atoms with E-state index in [-0.39, 0.29) is 149 Å². The number of rotatable bonds is 21. The van der Waals surface area contributed by atoms with E-state index in [0.29, 0.717) is 23.0 Å². The summed E-state index contributed by atoms with van der Waals surface area (Å²) in [7, 11) is 0. The van der Waals surface area contributed by atoms with Gasteiger partial charge >= 0.3 is 29.6 Å². The molecule has 0 fully saturated rings. The van der Waals surface area contributed by atoms with Gasteiger partial charge in [0.15, 0.2) is 23.2 Å². The number of nitrogens with two attached hydrogens (primary N) is 2. The monoisotopic (exact) mass is 1540 g/mol. The summed E-state index contributed by atoms with van der Waals surface area (Å²) in [6.45, 7) is 13.9. The molecule has 7 aromatic heterocycles. The number of aromatic nitrogens is 14. The molecule has 8 N–H and O–H groups in total. The molecule has 0 aliphatic heterocycles. The average Bonchev–Trinajstić information content (AvgIpc) is 1.63. The van der Waals surface area contributed by atoms with Gasteiger partial charge in [0.25, 0.3) is 35.3 Å². The van der Waals surface area contributed by atoms with Crippen LogP contribution in [0.25, 0.3) is 22.7 Å². The third-order valence-electron chi connectivity index (χ3n) is 12.1. The standard InChI is InChI=1S/C30H20Cl2N16O4.C15H15Cl2NO4.C8H6N6.C5H4N2.C4H6N4.HNO2.Na/c1-15(49)23(43-45-25-17(12-33)13-39-47(25)29-35-6-4-7-36-29)27(51)41-20-10-19(32)21(11-18(20)31)42-28(52)24(16(2)50)44-46-26-22(34-3)14-40-48(26)30-37-8-5-9-38-30;1-8(19)3-11(21)5-10-6-13(17)14(7-12(10)16)18-15(22)4-9(2)20;9-4-6-5-13-14(7(6)10)8-11-2-1-3-12-8;1-2-5(3-6)4-7;5-8-4-6-2-1-3-7-4;2-1-3;/h4-11,13-14,23-24H,1-2H3,(H,41,51)(H,42,52);6-7H,3-5H2,1-2H3,(H,18,22);1-3,5H,10H2;2H,1H3;1-3H,5H2,(H,6,7,8);(H,2,3);/q;;;;;;+1/p-1. The number of hydrazine groups is 1. The van der Waals surface area contributed by atoms with Gasteiger partial charge in [-0.05, 0) is 88.7 Å². The Kier molecular flexibility index (Phi) is 37.5. The molecule has 2 unspecified atom stereocenters. The molecule has 0 aliphatic rings. The van der Waals surface area contributed by atoms with Crippen LogP contribution in [0.1, 0.15) is 64.2 Å². The Morgan fingerprint density at radius 2 is 0.991 bits per heavy atom. The fourth-order valence-electron chi connectivity index (χ4n) is 7.44. The maximum atomic E-state index is 13.2. The molecule has 0 saturated carbocycles. The van der Waals surface area contributed by atoms with Gasteiger partial charge in [0.05, 0.1) is 70.1 Å². The van der Waals surface area contributed by atoms with E-state index >= 15 is 0 Å². The van der Waals surface area contributed by atoms with E-state index in [1.165, 1.54) is 92.2 Å². The first-order valence-corrected chi connectivity index (χ1v) is 30.6. The van der Waals surface area contributed by atoms with Gasteiger partial charge in [-0.1, -0.05) is 52.5 Å². The van der Waals surface area contributed by atoms with E-state index in [4.69, 9.17) is 90.5 Å². The van der Waals surface area contributed by atoms with Gasteiger partial charge in [-0.15, -0.1) is 15.6 Å². The molecule has 0 radical (unpaired) electrons. The van der Waals surface area contributed by atoms with Crippen molar-refractivity contribution in [2.75, 3.05) is 27.1 Å². The van der Waals surface area contributed by atoms with Crippen LogP contribution in [0, 0.1) is 62.0 Å². The topological polar surface area (TPSA) is 595 Å². The van der Waals surface area contributed by atoms with Crippen molar-refractivity contribution in [3.05, 3.63) is 187 Å². The minimum Gasteiger partial charge on any atom is -0.444 e. The summed E-state index contributed by atoms with van der Waals surface area (Å²) in [5.74, 6) is 1.33. The van der Waals surface area contributed by atoms with Gasteiger partial charge in [-0.3, -0.25) is 43.8 Å². The molecule has 3 amide bonds. The van der Waals surface area contributed by atoms with E-state index in [1.807, 2.05) is 12.1 Å². The number of carbonyl (C=O) groups excluding carboxylic acids is 8. The van der Waals surface area contributed by atoms with Crippen LogP contribution >= 0.6 is 46.4 Å². The first-order valence-electron chi connectivity index (χ1n) is 29.1. The van der Waals surface area contributed by atoms with Crippen LogP contribution in [0.3, 0.4) is 0 Å². The van der Waals surface area contributed by atoms with E-state index in [1.54, 1.807) is 68.1 Å². The Morgan fingerprint density at radius 3 is 1.38 bits per heavy atom. The number of halogens is 4. The van der Waals surface area contributed by atoms with Gasteiger partial charge in [-0.2, -0.15) is 60.6 Å². The fourth-order valence-corrected chi connectivity index (χ4v) is 8.33. The number of ketones is 5. The second kappa shape index (κ2) is 45.6. The molecule has 7 heterocycles. The number of nitrogens with one attached hydrogen (secondary N) is 4. The predicted octanol–water partition coefficient (Wildman–Crippen LogP) is 5.84. The zero-order valence-electron chi connectivity index (χ0n) is 56.3. The first-order chi connectivity index (χ1) is 50.7. The number of Topliss-reactive ketones (excluding diaryl/α,β-unsaturated/α-hetero) is 5. The van der Waals surface area contributed by atoms with Crippen molar-refractivity contribution >= 4 is 139 Å². The normalized spacial score (nSPS) is 10.4. The zero-order chi connectivity index (χ0) is 78.4. The second-order valence-corrected chi connectivity index (χ2v) is 21.4. The predicted molar refractivity (Wildman–Crippen MR) is 378 cm³/mol. The molecule has 0 saturated heterocycles. The zero-order valence-corrected chi connectivity index (χ0v) is 61.3.